The highest BCUT2D eigenvalue weighted by Crippen LogP contribution is 2.32. The highest BCUT2D eigenvalue weighted by atomic mass is 35.5. The Morgan fingerprint density at radius 3 is 2.76 bits per heavy atom. The Kier molecular flexibility index (Phi) is 3.55. The molecule has 0 radical (unpaired) electrons. The molecule has 0 saturated carbocycles. The van der Waals surface area contributed by atoms with E-state index < -0.39 is 15.8 Å². The van der Waals surface area contributed by atoms with E-state index in [1.807, 2.05) is 29.8 Å². The molecular weight excluding hydrogens is 315 g/mol. The molecule has 2 heterocycles. The predicted molar refractivity (Wildman–Crippen MR) is 78.1 cm³/mol. The molecule has 112 valence electrons. The van der Waals surface area contributed by atoms with Crippen LogP contribution in [0.2, 0.25) is 5.02 Å². The number of nitrogens with zero attached hydrogens (tertiary/aromatic N) is 2. The molecule has 1 aromatic carbocycles. The van der Waals surface area contributed by atoms with Crippen molar-refractivity contribution in [1.29, 1.82) is 0 Å². The van der Waals surface area contributed by atoms with Crippen molar-refractivity contribution in [1.82, 2.24) is 8.87 Å². The van der Waals surface area contributed by atoms with Crippen molar-refractivity contribution in [2.24, 2.45) is 0 Å². The van der Waals surface area contributed by atoms with Crippen LogP contribution in [0.5, 0.6) is 0 Å². The SMILES string of the molecule is CC1c2cccn2CCN1S(=O)(=O)c1ccc(F)c(Cl)c1. The average Bonchev–Trinajstić information content (AvgIpc) is 2.91. The summed E-state index contributed by atoms with van der Waals surface area (Å²) in [5, 5.41) is -0.191. The van der Waals surface area contributed by atoms with Crippen LogP contribution >= 0.6 is 11.6 Å². The van der Waals surface area contributed by atoms with Gasteiger partial charge >= 0.3 is 0 Å². The van der Waals surface area contributed by atoms with Crippen LogP contribution in [0.15, 0.2) is 41.4 Å². The Morgan fingerprint density at radius 2 is 2.05 bits per heavy atom. The molecule has 1 atom stereocenters. The summed E-state index contributed by atoms with van der Waals surface area (Å²) in [5.74, 6) is -0.629. The third-order valence-electron chi connectivity index (χ3n) is 3.78. The van der Waals surface area contributed by atoms with E-state index in [-0.39, 0.29) is 16.0 Å². The standard InChI is InChI=1S/C14H14ClFN2O2S/c1-10-14-3-2-6-17(14)7-8-18(10)21(19,20)11-4-5-13(16)12(15)9-11/h2-6,9-10H,7-8H2,1H3. The molecular formula is C14H14ClFN2O2S. The number of hydrogen-bond acceptors (Lipinski definition) is 2. The number of aromatic nitrogens is 1. The fraction of sp³-hybridized carbons (Fsp3) is 0.286. The van der Waals surface area contributed by atoms with Gasteiger partial charge in [0.05, 0.1) is 16.0 Å². The van der Waals surface area contributed by atoms with Crippen LogP contribution in [-0.2, 0) is 16.6 Å². The van der Waals surface area contributed by atoms with E-state index in [4.69, 9.17) is 11.6 Å². The van der Waals surface area contributed by atoms with Gasteiger partial charge in [-0.1, -0.05) is 11.6 Å². The second kappa shape index (κ2) is 5.12. The van der Waals surface area contributed by atoms with Crippen LogP contribution in [0.4, 0.5) is 4.39 Å². The summed E-state index contributed by atoms with van der Waals surface area (Å²) in [6.07, 6.45) is 1.94. The van der Waals surface area contributed by atoms with Gasteiger partial charge in [0.25, 0.3) is 0 Å². The first-order valence-corrected chi connectivity index (χ1v) is 8.35. The molecule has 1 aliphatic rings. The number of rotatable bonds is 2. The first kappa shape index (κ1) is 14.6. The van der Waals surface area contributed by atoms with Gasteiger partial charge in [-0.3, -0.25) is 0 Å². The molecule has 1 aliphatic heterocycles. The highest BCUT2D eigenvalue weighted by Gasteiger charge is 2.34. The van der Waals surface area contributed by atoms with Crippen molar-refractivity contribution in [2.45, 2.75) is 24.4 Å². The van der Waals surface area contributed by atoms with Crippen molar-refractivity contribution in [3.63, 3.8) is 0 Å². The molecule has 21 heavy (non-hydrogen) atoms. The average molecular weight is 329 g/mol. The monoisotopic (exact) mass is 328 g/mol. The Labute approximate surface area is 127 Å². The van der Waals surface area contributed by atoms with E-state index in [1.54, 1.807) is 0 Å². The topological polar surface area (TPSA) is 42.3 Å². The van der Waals surface area contributed by atoms with Crippen molar-refractivity contribution in [3.8, 4) is 0 Å². The fourth-order valence-corrected chi connectivity index (χ4v) is 4.53. The van der Waals surface area contributed by atoms with Crippen LogP contribution in [0.1, 0.15) is 18.7 Å². The van der Waals surface area contributed by atoms with E-state index in [2.05, 4.69) is 0 Å². The third-order valence-corrected chi connectivity index (χ3v) is 6.04. The van der Waals surface area contributed by atoms with Gasteiger partial charge in [0, 0.05) is 25.0 Å². The Balaban J connectivity index is 2.01. The summed E-state index contributed by atoms with van der Waals surface area (Å²) in [7, 11) is -3.70. The van der Waals surface area contributed by atoms with Crippen LogP contribution in [0, 0.1) is 5.82 Å². The minimum absolute atomic E-state index is 0.0146. The summed E-state index contributed by atoms with van der Waals surface area (Å²) in [6, 6.07) is 7.01. The van der Waals surface area contributed by atoms with Gasteiger partial charge in [-0.2, -0.15) is 4.31 Å². The molecule has 2 aromatic rings. The molecule has 4 nitrogen and oxygen atoms in total. The summed E-state index contributed by atoms with van der Waals surface area (Å²) in [5.41, 5.74) is 0.943. The lowest BCUT2D eigenvalue weighted by Crippen LogP contribution is -2.40. The molecule has 0 fully saturated rings. The van der Waals surface area contributed by atoms with Gasteiger partial charge in [-0.15, -0.1) is 0 Å². The zero-order valence-electron chi connectivity index (χ0n) is 11.3. The van der Waals surface area contributed by atoms with E-state index in [9.17, 15) is 12.8 Å². The minimum Gasteiger partial charge on any atom is -0.349 e. The normalized spacial score (nSPS) is 19.5. The van der Waals surface area contributed by atoms with E-state index in [0.717, 1.165) is 17.8 Å². The summed E-state index contributed by atoms with van der Waals surface area (Å²) in [4.78, 5) is 0.0146. The zero-order chi connectivity index (χ0) is 15.2. The molecule has 3 rings (SSSR count). The summed E-state index contributed by atoms with van der Waals surface area (Å²) >= 11 is 5.70. The lowest BCUT2D eigenvalue weighted by atomic mass is 10.2. The van der Waals surface area contributed by atoms with Crippen LogP contribution in [0.25, 0.3) is 0 Å². The molecule has 1 aromatic heterocycles. The molecule has 7 heteroatoms. The summed E-state index contributed by atoms with van der Waals surface area (Å²) < 4.78 is 42.1. The Hall–Kier alpha value is -1.37. The van der Waals surface area contributed by atoms with Gasteiger partial charge in [0.1, 0.15) is 5.82 Å². The van der Waals surface area contributed by atoms with Gasteiger partial charge in [0.2, 0.25) is 10.0 Å². The van der Waals surface area contributed by atoms with E-state index in [1.165, 1.54) is 10.4 Å². The first-order valence-electron chi connectivity index (χ1n) is 6.53. The maximum absolute atomic E-state index is 13.2. The maximum Gasteiger partial charge on any atom is 0.243 e. The Morgan fingerprint density at radius 1 is 1.29 bits per heavy atom. The molecule has 0 saturated heterocycles. The molecule has 0 aliphatic carbocycles. The summed E-state index contributed by atoms with van der Waals surface area (Å²) in [6.45, 7) is 2.81. The minimum atomic E-state index is -3.70. The second-order valence-corrected chi connectivity index (χ2v) is 7.29. The molecule has 0 spiro atoms. The van der Waals surface area contributed by atoms with Gasteiger partial charge < -0.3 is 4.57 Å². The number of sulfonamides is 1. The van der Waals surface area contributed by atoms with Crippen molar-refractivity contribution in [3.05, 3.63) is 53.1 Å². The van der Waals surface area contributed by atoms with Gasteiger partial charge in [-0.25, -0.2) is 12.8 Å². The quantitative estimate of drug-likeness (QED) is 0.850. The Bertz CT molecular complexity index is 788. The highest BCUT2D eigenvalue weighted by molar-refractivity contribution is 7.89. The largest absolute Gasteiger partial charge is 0.349 e. The van der Waals surface area contributed by atoms with E-state index in [0.29, 0.717) is 13.1 Å². The lowest BCUT2D eigenvalue weighted by molar-refractivity contribution is 0.282. The smallest absolute Gasteiger partial charge is 0.243 e. The maximum atomic E-state index is 13.2. The van der Waals surface area contributed by atoms with Gasteiger partial charge in [-0.05, 0) is 37.3 Å². The number of fused-ring (bicyclic) bond motifs is 1. The number of hydrogen-bond donors (Lipinski definition) is 0. The fourth-order valence-electron chi connectivity index (χ4n) is 2.66. The van der Waals surface area contributed by atoms with E-state index >= 15 is 0 Å². The van der Waals surface area contributed by atoms with Crippen molar-refractivity contribution >= 4 is 21.6 Å². The van der Waals surface area contributed by atoms with Gasteiger partial charge in [0.15, 0.2) is 0 Å². The van der Waals surface area contributed by atoms with Crippen LogP contribution < -0.4 is 0 Å². The zero-order valence-corrected chi connectivity index (χ0v) is 12.9. The molecule has 0 amide bonds. The predicted octanol–water partition coefficient (Wildman–Crippen LogP) is 3.05. The lowest BCUT2D eigenvalue weighted by Gasteiger charge is -2.33. The molecule has 0 bridgehead atoms. The molecule has 0 N–H and O–H groups in total. The third kappa shape index (κ3) is 2.37. The second-order valence-electron chi connectivity index (χ2n) is 4.99. The van der Waals surface area contributed by atoms with Crippen LogP contribution in [0.3, 0.4) is 0 Å². The number of benzene rings is 1. The van der Waals surface area contributed by atoms with Crippen molar-refractivity contribution < 1.29 is 12.8 Å². The first-order chi connectivity index (χ1) is 9.91. The van der Waals surface area contributed by atoms with Crippen LogP contribution in [-0.4, -0.2) is 23.8 Å². The molecule has 1 unspecified atom stereocenters. The van der Waals surface area contributed by atoms with Crippen molar-refractivity contribution in [2.75, 3.05) is 6.54 Å². The number of halogens is 2.